The Bertz CT molecular complexity index is 999. The molecule has 8 heteroatoms. The first-order valence-corrected chi connectivity index (χ1v) is 10.5. The fraction of sp³-hybridized carbons (Fsp3) is 0.435. The predicted octanol–water partition coefficient (Wildman–Crippen LogP) is 3.67. The van der Waals surface area contributed by atoms with Crippen molar-refractivity contribution >= 4 is 17.3 Å². The number of benzene rings is 2. The second kappa shape index (κ2) is 8.45. The number of amides is 1. The quantitative estimate of drug-likeness (QED) is 0.561. The SMILES string of the molecule is CN(C)c1ccc(C(=O)NCC2(c3ccc4c(c3)OCCO4)CCCC2)cc1[N+](=O)[O-]. The van der Waals surface area contributed by atoms with Crippen LogP contribution >= 0.6 is 0 Å². The van der Waals surface area contributed by atoms with E-state index in [1.165, 1.54) is 6.07 Å². The van der Waals surface area contributed by atoms with Crippen molar-refractivity contribution in [2.45, 2.75) is 31.1 Å². The summed E-state index contributed by atoms with van der Waals surface area (Å²) in [5, 5.41) is 14.5. The molecule has 0 radical (unpaired) electrons. The van der Waals surface area contributed by atoms with Gasteiger partial charge >= 0.3 is 0 Å². The summed E-state index contributed by atoms with van der Waals surface area (Å²) in [6.45, 7) is 1.54. The number of hydrogen-bond donors (Lipinski definition) is 1. The van der Waals surface area contributed by atoms with Crippen LogP contribution in [-0.2, 0) is 5.41 Å². The topological polar surface area (TPSA) is 93.9 Å². The second-order valence-electron chi connectivity index (χ2n) is 8.38. The van der Waals surface area contributed by atoms with Crippen molar-refractivity contribution in [3.8, 4) is 11.5 Å². The lowest BCUT2D eigenvalue weighted by Gasteiger charge is -2.31. The molecule has 0 atom stereocenters. The third kappa shape index (κ3) is 4.15. The molecule has 31 heavy (non-hydrogen) atoms. The van der Waals surface area contributed by atoms with Crippen LogP contribution in [0.5, 0.6) is 11.5 Å². The van der Waals surface area contributed by atoms with Crippen LogP contribution in [0, 0.1) is 10.1 Å². The van der Waals surface area contributed by atoms with Crippen molar-refractivity contribution in [1.82, 2.24) is 5.32 Å². The van der Waals surface area contributed by atoms with Crippen molar-refractivity contribution in [3.05, 3.63) is 57.6 Å². The molecular weight excluding hydrogens is 398 g/mol. The number of rotatable bonds is 6. The Morgan fingerprint density at radius 2 is 1.81 bits per heavy atom. The summed E-state index contributed by atoms with van der Waals surface area (Å²) in [6.07, 6.45) is 4.11. The molecule has 0 unspecified atom stereocenters. The van der Waals surface area contributed by atoms with Crippen LogP contribution in [0.1, 0.15) is 41.6 Å². The summed E-state index contributed by atoms with van der Waals surface area (Å²) in [7, 11) is 3.47. The van der Waals surface area contributed by atoms with Crippen molar-refractivity contribution < 1.29 is 19.2 Å². The fourth-order valence-corrected chi connectivity index (χ4v) is 4.53. The van der Waals surface area contributed by atoms with E-state index in [0.29, 0.717) is 25.4 Å². The molecule has 1 aliphatic heterocycles. The van der Waals surface area contributed by atoms with Crippen molar-refractivity contribution in [3.63, 3.8) is 0 Å². The van der Waals surface area contributed by atoms with Crippen molar-refractivity contribution in [2.24, 2.45) is 0 Å². The van der Waals surface area contributed by atoms with Gasteiger partial charge in [0.05, 0.1) is 4.92 Å². The Kier molecular flexibility index (Phi) is 5.71. The molecule has 0 aromatic heterocycles. The maximum absolute atomic E-state index is 12.9. The van der Waals surface area contributed by atoms with Gasteiger partial charge in [0.15, 0.2) is 11.5 Å². The van der Waals surface area contributed by atoms with E-state index in [2.05, 4.69) is 11.4 Å². The fourth-order valence-electron chi connectivity index (χ4n) is 4.53. The lowest BCUT2D eigenvalue weighted by Crippen LogP contribution is -2.39. The zero-order chi connectivity index (χ0) is 22.0. The molecule has 1 fully saturated rings. The van der Waals surface area contributed by atoms with Crippen molar-refractivity contribution in [1.29, 1.82) is 0 Å². The third-order valence-corrected chi connectivity index (χ3v) is 6.22. The number of anilines is 1. The number of ether oxygens (including phenoxy) is 2. The molecule has 1 heterocycles. The predicted molar refractivity (Wildman–Crippen MR) is 117 cm³/mol. The smallest absolute Gasteiger partial charge is 0.293 e. The van der Waals surface area contributed by atoms with Gasteiger partial charge in [-0.25, -0.2) is 0 Å². The van der Waals surface area contributed by atoms with Gasteiger partial charge in [0.1, 0.15) is 18.9 Å². The number of nitro groups is 1. The highest BCUT2D eigenvalue weighted by Gasteiger charge is 2.37. The zero-order valence-electron chi connectivity index (χ0n) is 17.8. The molecule has 4 rings (SSSR count). The molecule has 8 nitrogen and oxygen atoms in total. The standard InChI is InChI=1S/C23H27N3O5/c1-25(2)18-7-5-16(13-19(18)26(28)29)22(27)24-15-23(9-3-4-10-23)17-6-8-20-21(14-17)31-12-11-30-20/h5-8,13-14H,3-4,9-12,15H2,1-2H3,(H,24,27). The molecule has 164 valence electrons. The Hall–Kier alpha value is -3.29. The van der Waals surface area contributed by atoms with Gasteiger partial charge in [0.2, 0.25) is 0 Å². The van der Waals surface area contributed by atoms with Crippen LogP contribution in [0.3, 0.4) is 0 Å². The lowest BCUT2D eigenvalue weighted by atomic mass is 9.78. The Balaban J connectivity index is 1.54. The van der Waals surface area contributed by atoms with E-state index < -0.39 is 4.92 Å². The number of hydrogen-bond acceptors (Lipinski definition) is 6. The maximum Gasteiger partial charge on any atom is 0.293 e. The highest BCUT2D eigenvalue weighted by molar-refractivity contribution is 5.95. The lowest BCUT2D eigenvalue weighted by molar-refractivity contribution is -0.384. The number of nitrogens with one attached hydrogen (secondary N) is 1. The molecular formula is C23H27N3O5. The van der Waals surface area contributed by atoms with E-state index in [4.69, 9.17) is 9.47 Å². The molecule has 0 saturated heterocycles. The van der Waals surface area contributed by atoms with Crippen LogP contribution in [0.15, 0.2) is 36.4 Å². The first-order chi connectivity index (χ1) is 14.9. The summed E-state index contributed by atoms with van der Waals surface area (Å²) >= 11 is 0. The number of fused-ring (bicyclic) bond motifs is 1. The molecule has 1 amide bonds. The zero-order valence-corrected chi connectivity index (χ0v) is 17.8. The van der Waals surface area contributed by atoms with E-state index in [0.717, 1.165) is 42.7 Å². The Morgan fingerprint density at radius 1 is 1.10 bits per heavy atom. The Morgan fingerprint density at radius 3 is 2.48 bits per heavy atom. The van der Waals surface area contributed by atoms with Gasteiger partial charge in [-0.3, -0.25) is 14.9 Å². The molecule has 2 aromatic rings. The molecule has 1 saturated carbocycles. The van der Waals surface area contributed by atoms with Crippen LogP contribution in [0.25, 0.3) is 0 Å². The first kappa shape index (κ1) is 21.0. The maximum atomic E-state index is 12.9. The van der Waals surface area contributed by atoms with Gasteiger partial charge < -0.3 is 19.7 Å². The van der Waals surface area contributed by atoms with Gasteiger partial charge in [-0.2, -0.15) is 0 Å². The minimum atomic E-state index is -0.459. The number of nitrogens with zero attached hydrogens (tertiary/aromatic N) is 2. The van der Waals surface area contributed by atoms with E-state index in [-0.39, 0.29) is 22.6 Å². The average molecular weight is 425 g/mol. The minimum absolute atomic E-state index is 0.0833. The molecule has 1 N–H and O–H groups in total. The van der Waals surface area contributed by atoms with E-state index in [9.17, 15) is 14.9 Å². The van der Waals surface area contributed by atoms with Crippen molar-refractivity contribution in [2.75, 3.05) is 38.8 Å². The summed E-state index contributed by atoms with van der Waals surface area (Å²) in [4.78, 5) is 25.5. The number of carbonyl (C=O) groups is 1. The van der Waals surface area contributed by atoms with E-state index in [1.54, 1.807) is 31.1 Å². The van der Waals surface area contributed by atoms with Gasteiger partial charge in [0.25, 0.3) is 11.6 Å². The van der Waals surface area contributed by atoms with Gasteiger partial charge in [-0.1, -0.05) is 18.9 Å². The summed E-state index contributed by atoms with van der Waals surface area (Å²) in [5.74, 6) is 1.19. The molecule has 1 aliphatic carbocycles. The number of nitro benzene ring substituents is 1. The molecule has 2 aromatic carbocycles. The van der Waals surface area contributed by atoms with Crippen LogP contribution in [0.4, 0.5) is 11.4 Å². The summed E-state index contributed by atoms with van der Waals surface area (Å²) < 4.78 is 11.4. The van der Waals surface area contributed by atoms with Crippen LogP contribution in [0.2, 0.25) is 0 Å². The second-order valence-corrected chi connectivity index (χ2v) is 8.38. The molecule has 0 bridgehead atoms. The average Bonchev–Trinajstić information content (AvgIpc) is 3.26. The minimum Gasteiger partial charge on any atom is -0.486 e. The summed E-state index contributed by atoms with van der Waals surface area (Å²) in [6, 6.07) is 10.6. The van der Waals surface area contributed by atoms with Gasteiger partial charge in [-0.05, 0) is 42.7 Å². The largest absolute Gasteiger partial charge is 0.486 e. The highest BCUT2D eigenvalue weighted by atomic mass is 16.6. The van der Waals surface area contributed by atoms with Crippen LogP contribution < -0.4 is 19.7 Å². The van der Waals surface area contributed by atoms with E-state index in [1.807, 2.05) is 12.1 Å². The Labute approximate surface area is 181 Å². The van der Waals surface area contributed by atoms with Crippen LogP contribution in [-0.4, -0.2) is 44.7 Å². The molecule has 2 aliphatic rings. The third-order valence-electron chi connectivity index (χ3n) is 6.22. The van der Waals surface area contributed by atoms with Gasteiger partial charge in [0, 0.05) is 37.7 Å². The summed E-state index contributed by atoms with van der Waals surface area (Å²) in [5.41, 5.74) is 1.61. The first-order valence-electron chi connectivity index (χ1n) is 10.5. The highest BCUT2D eigenvalue weighted by Crippen LogP contribution is 2.44. The van der Waals surface area contributed by atoms with Gasteiger partial charge in [-0.15, -0.1) is 0 Å². The molecule has 0 spiro atoms. The van der Waals surface area contributed by atoms with E-state index >= 15 is 0 Å². The monoisotopic (exact) mass is 425 g/mol. The normalized spacial score (nSPS) is 16.6. The number of carbonyl (C=O) groups excluding carboxylic acids is 1.